The van der Waals surface area contributed by atoms with Crippen LogP contribution in [0.25, 0.3) is 0 Å². The Hall–Kier alpha value is -3.49. The number of hydrogen-bond donors (Lipinski definition) is 3. The lowest BCUT2D eigenvalue weighted by Crippen LogP contribution is -2.49. The highest BCUT2D eigenvalue weighted by atomic mass is 16.2. The van der Waals surface area contributed by atoms with E-state index in [2.05, 4.69) is 15.3 Å². The van der Waals surface area contributed by atoms with E-state index < -0.39 is 0 Å². The topological polar surface area (TPSA) is 118 Å². The fourth-order valence-corrected chi connectivity index (χ4v) is 3.33. The maximum Gasteiger partial charge on any atom is 0.227 e. The molecule has 164 valence electrons. The second kappa shape index (κ2) is 10.0. The standard InChI is InChI=1S/C22H29N7O2/c1-16(2)22(31)25-14-18-5-3-17(4-6-18)13-21(30)28-11-9-27(10-12-28)20-8-7-19(24)29(15-23)26-20/h3-8,15-16,23-24H,9-14H2,1-2H3,(H,25,31). The molecular weight excluding hydrogens is 394 g/mol. The molecular formula is C22H29N7O2. The molecule has 1 aromatic carbocycles. The Morgan fingerprint density at radius 2 is 1.71 bits per heavy atom. The Morgan fingerprint density at radius 1 is 1.06 bits per heavy atom. The van der Waals surface area contributed by atoms with E-state index in [0.29, 0.717) is 45.0 Å². The third kappa shape index (κ3) is 5.78. The number of carbonyl (C=O) groups excluding carboxylic acids is 2. The first-order valence-electron chi connectivity index (χ1n) is 10.4. The van der Waals surface area contributed by atoms with E-state index >= 15 is 0 Å². The van der Waals surface area contributed by atoms with Crippen LogP contribution in [0, 0.1) is 16.7 Å². The molecule has 0 aliphatic carbocycles. The van der Waals surface area contributed by atoms with Gasteiger partial charge in [0.1, 0.15) is 17.6 Å². The van der Waals surface area contributed by atoms with Crippen LogP contribution in [0.3, 0.4) is 0 Å². The quantitative estimate of drug-likeness (QED) is 0.454. The molecule has 0 unspecified atom stereocenters. The predicted octanol–water partition coefficient (Wildman–Crippen LogP) is 0.981. The summed E-state index contributed by atoms with van der Waals surface area (Å²) in [5.41, 5.74) is 2.11. The van der Waals surface area contributed by atoms with E-state index in [1.165, 1.54) is 4.68 Å². The van der Waals surface area contributed by atoms with Crippen molar-refractivity contribution < 1.29 is 9.59 Å². The van der Waals surface area contributed by atoms with Gasteiger partial charge in [0, 0.05) is 38.6 Å². The van der Waals surface area contributed by atoms with Gasteiger partial charge in [-0.15, -0.1) is 5.10 Å². The summed E-state index contributed by atoms with van der Waals surface area (Å²) in [4.78, 5) is 28.3. The minimum absolute atomic E-state index is 0.0249. The molecule has 9 heteroatoms. The zero-order valence-corrected chi connectivity index (χ0v) is 18.0. The van der Waals surface area contributed by atoms with Crippen molar-refractivity contribution >= 4 is 24.0 Å². The second-order valence-corrected chi connectivity index (χ2v) is 7.88. The van der Waals surface area contributed by atoms with Crippen LogP contribution in [0.15, 0.2) is 36.4 Å². The number of rotatable bonds is 7. The molecule has 1 aromatic heterocycles. The smallest absolute Gasteiger partial charge is 0.227 e. The van der Waals surface area contributed by atoms with Crippen LogP contribution in [-0.4, -0.2) is 59.0 Å². The summed E-state index contributed by atoms with van der Waals surface area (Å²) in [6, 6.07) is 11.2. The first kappa shape index (κ1) is 22.2. The number of carbonyl (C=O) groups is 2. The van der Waals surface area contributed by atoms with Crippen molar-refractivity contribution in [1.29, 1.82) is 10.8 Å². The summed E-state index contributed by atoms with van der Waals surface area (Å²) in [5, 5.41) is 22.2. The van der Waals surface area contributed by atoms with Crippen molar-refractivity contribution in [3.05, 3.63) is 53.0 Å². The molecule has 1 aliphatic heterocycles. The van der Waals surface area contributed by atoms with Gasteiger partial charge in [-0.25, -0.2) is 4.68 Å². The molecule has 1 aliphatic rings. The average Bonchev–Trinajstić information content (AvgIpc) is 2.78. The number of hydrogen-bond acceptors (Lipinski definition) is 6. The van der Waals surface area contributed by atoms with E-state index in [1.807, 2.05) is 43.0 Å². The largest absolute Gasteiger partial charge is 0.352 e. The zero-order valence-electron chi connectivity index (χ0n) is 18.0. The normalized spacial score (nSPS) is 13.9. The summed E-state index contributed by atoms with van der Waals surface area (Å²) < 4.78 is 1.21. The lowest BCUT2D eigenvalue weighted by Gasteiger charge is -2.35. The van der Waals surface area contributed by atoms with Crippen LogP contribution in [-0.2, 0) is 22.6 Å². The number of amides is 2. The van der Waals surface area contributed by atoms with Gasteiger partial charge in [0.2, 0.25) is 11.8 Å². The minimum Gasteiger partial charge on any atom is -0.352 e. The number of nitrogens with zero attached hydrogens (tertiary/aromatic N) is 4. The second-order valence-electron chi connectivity index (χ2n) is 7.88. The molecule has 2 heterocycles. The van der Waals surface area contributed by atoms with Crippen LogP contribution >= 0.6 is 0 Å². The maximum atomic E-state index is 12.7. The molecule has 9 nitrogen and oxygen atoms in total. The van der Waals surface area contributed by atoms with Gasteiger partial charge >= 0.3 is 0 Å². The molecule has 3 rings (SSSR count). The molecule has 0 bridgehead atoms. The molecule has 3 N–H and O–H groups in total. The number of nitrogens with one attached hydrogen (secondary N) is 3. The van der Waals surface area contributed by atoms with Crippen molar-refractivity contribution in [2.75, 3.05) is 31.1 Å². The number of anilines is 1. The first-order chi connectivity index (χ1) is 14.9. The molecule has 0 saturated carbocycles. The zero-order chi connectivity index (χ0) is 22.4. The fraction of sp³-hybridized carbons (Fsp3) is 0.409. The Bertz CT molecular complexity index is 990. The molecule has 1 saturated heterocycles. The third-order valence-electron chi connectivity index (χ3n) is 5.30. The average molecular weight is 424 g/mol. The van der Waals surface area contributed by atoms with Crippen molar-refractivity contribution in [2.24, 2.45) is 5.92 Å². The van der Waals surface area contributed by atoms with Gasteiger partial charge in [-0.3, -0.25) is 20.4 Å². The Balaban J connectivity index is 1.50. The molecule has 0 radical (unpaired) electrons. The maximum absolute atomic E-state index is 12.7. The van der Waals surface area contributed by atoms with E-state index in [1.54, 1.807) is 12.1 Å². The summed E-state index contributed by atoms with van der Waals surface area (Å²) in [5.74, 6) is 0.773. The van der Waals surface area contributed by atoms with Gasteiger partial charge in [0.15, 0.2) is 0 Å². The van der Waals surface area contributed by atoms with Crippen molar-refractivity contribution in [2.45, 2.75) is 26.8 Å². The number of benzene rings is 1. The van der Waals surface area contributed by atoms with Gasteiger partial charge in [-0.2, -0.15) is 0 Å². The van der Waals surface area contributed by atoms with Gasteiger partial charge in [-0.1, -0.05) is 38.1 Å². The van der Waals surface area contributed by atoms with Crippen LogP contribution in [0.5, 0.6) is 0 Å². The Morgan fingerprint density at radius 3 is 2.32 bits per heavy atom. The molecule has 31 heavy (non-hydrogen) atoms. The Labute approximate surface area is 181 Å². The summed E-state index contributed by atoms with van der Waals surface area (Å²) >= 11 is 0. The van der Waals surface area contributed by atoms with Crippen molar-refractivity contribution in [3.63, 3.8) is 0 Å². The SMILES string of the molecule is CC(C)C(=O)NCc1ccc(CC(=O)N2CCN(c3ccc(=N)n(C=N)n3)CC2)cc1. The number of piperazine rings is 1. The third-order valence-corrected chi connectivity index (χ3v) is 5.30. The van der Waals surface area contributed by atoms with Crippen LogP contribution in [0.4, 0.5) is 5.82 Å². The van der Waals surface area contributed by atoms with E-state index in [9.17, 15) is 9.59 Å². The summed E-state index contributed by atoms with van der Waals surface area (Å²) in [6.07, 6.45) is 1.35. The van der Waals surface area contributed by atoms with Gasteiger partial charge in [-0.05, 0) is 23.3 Å². The van der Waals surface area contributed by atoms with Gasteiger partial charge in [0.25, 0.3) is 0 Å². The Kier molecular flexibility index (Phi) is 7.17. The summed E-state index contributed by atoms with van der Waals surface area (Å²) in [7, 11) is 0. The molecule has 0 atom stereocenters. The lowest BCUT2D eigenvalue weighted by atomic mass is 10.1. The van der Waals surface area contributed by atoms with E-state index in [4.69, 9.17) is 10.8 Å². The van der Waals surface area contributed by atoms with Crippen molar-refractivity contribution in [1.82, 2.24) is 20.0 Å². The molecule has 1 fully saturated rings. The van der Waals surface area contributed by atoms with Gasteiger partial charge in [0.05, 0.1) is 6.42 Å². The van der Waals surface area contributed by atoms with Crippen LogP contribution < -0.4 is 15.7 Å². The van der Waals surface area contributed by atoms with Crippen LogP contribution in [0.2, 0.25) is 0 Å². The highest BCUT2D eigenvalue weighted by molar-refractivity contribution is 5.79. The number of aromatic nitrogens is 2. The molecule has 2 amide bonds. The molecule has 2 aromatic rings. The minimum atomic E-state index is -0.0398. The lowest BCUT2D eigenvalue weighted by molar-refractivity contribution is -0.130. The highest BCUT2D eigenvalue weighted by Crippen LogP contribution is 2.13. The highest BCUT2D eigenvalue weighted by Gasteiger charge is 2.22. The first-order valence-corrected chi connectivity index (χ1v) is 10.4. The fourth-order valence-electron chi connectivity index (χ4n) is 3.33. The van der Waals surface area contributed by atoms with E-state index in [0.717, 1.165) is 17.5 Å². The summed E-state index contributed by atoms with van der Waals surface area (Å²) in [6.45, 7) is 6.73. The van der Waals surface area contributed by atoms with E-state index in [-0.39, 0.29) is 23.2 Å². The van der Waals surface area contributed by atoms with Gasteiger partial charge < -0.3 is 15.1 Å². The predicted molar refractivity (Wildman–Crippen MR) is 118 cm³/mol. The van der Waals surface area contributed by atoms with Crippen LogP contribution in [0.1, 0.15) is 25.0 Å². The monoisotopic (exact) mass is 423 g/mol. The molecule has 0 spiro atoms. The van der Waals surface area contributed by atoms with Crippen molar-refractivity contribution in [3.8, 4) is 0 Å².